The maximum Gasteiger partial charge on any atom is 0.340 e. The topological polar surface area (TPSA) is 70.0 Å². The standard InChI is InChI=1S/C54H34N6O/c61-54-59-46-28-16-14-26-42(46)49(35-17-5-1-6-18-35)50(59)44-34-39(38-29-31-47-43(33-38)41-25-13-15-27-45(41)58(47)40-23-11-4-12-24-40)30-32-48(44)60(54)53-56-51(36-19-7-2-8-20-36)55-52(57-53)37-21-9-3-10-22-37/h1-34H. The monoisotopic (exact) mass is 782 g/mol. The molecular formula is C54H34N6O. The largest absolute Gasteiger partial charge is 0.340 e. The third-order valence-corrected chi connectivity index (χ3v) is 11.7. The molecule has 0 saturated heterocycles. The third kappa shape index (κ3) is 5.52. The molecule has 7 heteroatoms. The molecule has 12 aromatic rings. The number of hydrogen-bond donors (Lipinski definition) is 0. The first-order valence-corrected chi connectivity index (χ1v) is 20.3. The van der Waals surface area contributed by atoms with Crippen molar-refractivity contribution < 1.29 is 0 Å². The highest BCUT2D eigenvalue weighted by molar-refractivity contribution is 6.15. The van der Waals surface area contributed by atoms with Crippen molar-refractivity contribution in [3.05, 3.63) is 217 Å². The maximum atomic E-state index is 15.5. The Kier molecular flexibility index (Phi) is 7.86. The molecule has 0 N–H and O–H groups in total. The van der Waals surface area contributed by atoms with Gasteiger partial charge in [-0.15, -0.1) is 0 Å². The molecule has 8 aromatic carbocycles. The van der Waals surface area contributed by atoms with E-state index in [0.29, 0.717) is 17.2 Å². The minimum absolute atomic E-state index is 0.242. The zero-order valence-corrected chi connectivity index (χ0v) is 32.7. The van der Waals surface area contributed by atoms with Gasteiger partial charge in [0.2, 0.25) is 5.95 Å². The first-order valence-electron chi connectivity index (χ1n) is 20.3. The van der Waals surface area contributed by atoms with Crippen LogP contribution < -0.4 is 5.69 Å². The van der Waals surface area contributed by atoms with Crippen molar-refractivity contribution in [1.29, 1.82) is 0 Å². The minimum Gasteiger partial charge on any atom is -0.309 e. The van der Waals surface area contributed by atoms with Gasteiger partial charge < -0.3 is 4.57 Å². The van der Waals surface area contributed by atoms with Crippen molar-refractivity contribution in [1.82, 2.24) is 28.5 Å². The molecule has 7 nitrogen and oxygen atoms in total. The third-order valence-electron chi connectivity index (χ3n) is 11.7. The van der Waals surface area contributed by atoms with Gasteiger partial charge in [0.1, 0.15) is 0 Å². The summed E-state index contributed by atoms with van der Waals surface area (Å²) in [6.07, 6.45) is 0. The van der Waals surface area contributed by atoms with Gasteiger partial charge in [-0.3, -0.25) is 4.40 Å². The molecule has 0 saturated carbocycles. The van der Waals surface area contributed by atoms with E-state index in [1.807, 2.05) is 114 Å². The highest BCUT2D eigenvalue weighted by Gasteiger charge is 2.24. The zero-order chi connectivity index (χ0) is 40.4. The molecule has 61 heavy (non-hydrogen) atoms. The van der Waals surface area contributed by atoms with Crippen LogP contribution in [0, 0.1) is 0 Å². The van der Waals surface area contributed by atoms with E-state index in [0.717, 1.165) is 77.3 Å². The van der Waals surface area contributed by atoms with Gasteiger partial charge >= 0.3 is 5.69 Å². The number of para-hydroxylation sites is 3. The van der Waals surface area contributed by atoms with Gasteiger partial charge in [0, 0.05) is 43.9 Å². The van der Waals surface area contributed by atoms with E-state index in [1.54, 1.807) is 4.57 Å². The predicted molar refractivity (Wildman–Crippen MR) is 247 cm³/mol. The van der Waals surface area contributed by atoms with E-state index in [4.69, 9.17) is 15.0 Å². The Labute approximate surface area is 349 Å². The van der Waals surface area contributed by atoms with E-state index < -0.39 is 0 Å². The molecule has 0 atom stereocenters. The number of nitrogens with zero attached hydrogens (tertiary/aromatic N) is 6. The van der Waals surface area contributed by atoms with Crippen LogP contribution in [0.5, 0.6) is 0 Å². The fourth-order valence-electron chi connectivity index (χ4n) is 8.99. The van der Waals surface area contributed by atoms with Gasteiger partial charge in [-0.2, -0.15) is 9.97 Å². The summed E-state index contributed by atoms with van der Waals surface area (Å²) in [5.41, 5.74) is 11.2. The Morgan fingerprint density at radius 2 is 0.820 bits per heavy atom. The van der Waals surface area contributed by atoms with Crippen LogP contribution in [0.2, 0.25) is 0 Å². The Balaban J connectivity index is 1.18. The van der Waals surface area contributed by atoms with Crippen LogP contribution in [-0.4, -0.2) is 28.5 Å². The number of aromatic nitrogens is 6. The highest BCUT2D eigenvalue weighted by atomic mass is 16.1. The van der Waals surface area contributed by atoms with Gasteiger partial charge in [0.05, 0.1) is 27.6 Å². The second-order valence-corrected chi connectivity index (χ2v) is 15.2. The van der Waals surface area contributed by atoms with Gasteiger partial charge in [-0.25, -0.2) is 14.3 Å². The van der Waals surface area contributed by atoms with Crippen molar-refractivity contribution in [2.45, 2.75) is 0 Å². The molecule has 0 fully saturated rings. The fraction of sp³-hybridized carbons (Fsp3) is 0. The summed E-state index contributed by atoms with van der Waals surface area (Å²) >= 11 is 0. The van der Waals surface area contributed by atoms with Crippen molar-refractivity contribution in [2.24, 2.45) is 0 Å². The molecular weight excluding hydrogens is 749 g/mol. The SMILES string of the molecule is O=c1n(-c2nc(-c3ccccc3)nc(-c3ccccc3)n2)c2ccc(-c3ccc4c(c3)c3ccccc3n4-c3ccccc3)cc2c2c(-c3ccccc3)c3ccccc3n12. The molecule has 0 unspecified atom stereocenters. The molecule has 0 radical (unpaired) electrons. The van der Waals surface area contributed by atoms with Crippen LogP contribution in [-0.2, 0) is 0 Å². The molecule has 0 aliphatic heterocycles. The normalized spacial score (nSPS) is 11.7. The summed E-state index contributed by atoms with van der Waals surface area (Å²) in [5.74, 6) is 1.20. The second-order valence-electron chi connectivity index (χ2n) is 15.2. The number of benzene rings is 8. The van der Waals surface area contributed by atoms with Crippen molar-refractivity contribution in [3.8, 4) is 56.7 Å². The highest BCUT2D eigenvalue weighted by Crippen LogP contribution is 2.41. The first-order chi connectivity index (χ1) is 30.2. The van der Waals surface area contributed by atoms with Gasteiger partial charge in [-0.1, -0.05) is 158 Å². The average Bonchev–Trinajstić information content (AvgIpc) is 3.86. The van der Waals surface area contributed by atoms with Crippen LogP contribution in [0.15, 0.2) is 211 Å². The zero-order valence-electron chi connectivity index (χ0n) is 32.7. The quantitative estimate of drug-likeness (QED) is 0.168. The van der Waals surface area contributed by atoms with E-state index in [1.165, 1.54) is 5.39 Å². The Morgan fingerprint density at radius 3 is 1.44 bits per heavy atom. The Bertz CT molecular complexity index is 3650. The van der Waals surface area contributed by atoms with E-state index >= 15 is 4.79 Å². The van der Waals surface area contributed by atoms with Crippen molar-refractivity contribution in [3.63, 3.8) is 0 Å². The van der Waals surface area contributed by atoms with Gasteiger partial charge in [0.15, 0.2) is 11.6 Å². The lowest BCUT2D eigenvalue weighted by molar-refractivity contribution is 0.853. The molecule has 0 aliphatic carbocycles. The predicted octanol–water partition coefficient (Wildman–Crippen LogP) is 12.3. The number of rotatable bonds is 6. The van der Waals surface area contributed by atoms with Gasteiger partial charge in [0.25, 0.3) is 0 Å². The number of hydrogen-bond acceptors (Lipinski definition) is 4. The van der Waals surface area contributed by atoms with Crippen LogP contribution in [0.25, 0.3) is 106 Å². The fourth-order valence-corrected chi connectivity index (χ4v) is 8.99. The molecule has 4 heterocycles. The van der Waals surface area contributed by atoms with Crippen LogP contribution in [0.3, 0.4) is 0 Å². The lowest BCUT2D eigenvalue weighted by Gasteiger charge is -2.15. The van der Waals surface area contributed by atoms with E-state index in [9.17, 15) is 0 Å². The van der Waals surface area contributed by atoms with E-state index in [2.05, 4.69) is 102 Å². The summed E-state index contributed by atoms with van der Waals surface area (Å²) in [4.78, 5) is 30.5. The molecule has 286 valence electrons. The molecule has 0 aliphatic rings. The smallest absolute Gasteiger partial charge is 0.309 e. The summed E-state index contributed by atoms with van der Waals surface area (Å²) < 4.78 is 5.83. The summed E-state index contributed by atoms with van der Waals surface area (Å²) in [6.45, 7) is 0. The maximum absolute atomic E-state index is 15.5. The van der Waals surface area contributed by atoms with Gasteiger partial charge in [-0.05, 0) is 65.2 Å². The van der Waals surface area contributed by atoms with Crippen molar-refractivity contribution in [2.75, 3.05) is 0 Å². The summed E-state index contributed by atoms with van der Waals surface area (Å²) in [5, 5.41) is 4.22. The molecule has 0 amide bonds. The first kappa shape index (κ1) is 34.6. The average molecular weight is 783 g/mol. The number of fused-ring (bicyclic) bond motifs is 8. The van der Waals surface area contributed by atoms with Crippen molar-refractivity contribution >= 4 is 49.1 Å². The summed E-state index contributed by atoms with van der Waals surface area (Å²) in [6, 6.07) is 70.4. The molecule has 12 rings (SSSR count). The Hall–Kier alpha value is -8.42. The lowest BCUT2D eigenvalue weighted by Crippen LogP contribution is -2.27. The van der Waals surface area contributed by atoms with Crippen LogP contribution >= 0.6 is 0 Å². The second kappa shape index (κ2) is 13.9. The van der Waals surface area contributed by atoms with Crippen LogP contribution in [0.1, 0.15) is 0 Å². The lowest BCUT2D eigenvalue weighted by atomic mass is 9.98. The van der Waals surface area contributed by atoms with E-state index in [-0.39, 0.29) is 11.6 Å². The summed E-state index contributed by atoms with van der Waals surface area (Å²) in [7, 11) is 0. The Morgan fingerprint density at radius 1 is 0.344 bits per heavy atom. The molecule has 0 spiro atoms. The molecule has 4 aromatic heterocycles. The van der Waals surface area contributed by atoms with Crippen LogP contribution in [0.4, 0.5) is 0 Å². The molecule has 0 bridgehead atoms. The minimum atomic E-state index is -0.270.